The summed E-state index contributed by atoms with van der Waals surface area (Å²) >= 11 is 4.10. The number of hydrogen-bond acceptors (Lipinski definition) is 2. The number of thiol groups is 1. The van der Waals surface area contributed by atoms with Crippen molar-refractivity contribution in [1.82, 2.24) is 4.57 Å². The summed E-state index contributed by atoms with van der Waals surface area (Å²) in [6, 6.07) is 1.42. The smallest absolute Gasteiger partial charge is 0.186 e. The maximum absolute atomic E-state index is 11.6. The van der Waals surface area contributed by atoms with Crippen LogP contribution in [0, 0.1) is 0 Å². The van der Waals surface area contributed by atoms with Crippen LogP contribution in [-0.4, -0.2) is 39.1 Å². The highest BCUT2D eigenvalue weighted by atomic mass is 32.1. The topological polar surface area (TPSA) is 20.3 Å². The van der Waals surface area contributed by atoms with Gasteiger partial charge in [0.25, 0.3) is 0 Å². The lowest BCUT2D eigenvalue weighted by Gasteiger charge is -2.33. The fraction of sp³-hybridized carbons (Fsp3) is 0.917. The number of hydrogen-bond donors (Lipinski definition) is 1. The first-order valence-corrected chi connectivity index (χ1v) is 13.8. The molecule has 1 atom stereocenters. The summed E-state index contributed by atoms with van der Waals surface area (Å²) in [6.07, 6.45) is 2.38. The highest BCUT2D eigenvalue weighted by Gasteiger charge is 2.36. The Kier molecular flexibility index (Phi) is 5.09. The van der Waals surface area contributed by atoms with E-state index in [2.05, 4.69) is 49.9 Å². The molecule has 0 spiro atoms. The highest BCUT2D eigenvalue weighted by molar-refractivity contribution is 7.97. The Balaban J connectivity index is 2.56. The van der Waals surface area contributed by atoms with Gasteiger partial charge in [0.2, 0.25) is 0 Å². The minimum Gasteiger partial charge on any atom is -0.324 e. The Labute approximate surface area is 114 Å². The van der Waals surface area contributed by atoms with E-state index in [1.165, 1.54) is 19.0 Å². The van der Waals surface area contributed by atoms with Gasteiger partial charge in [-0.25, -0.2) is 0 Å². The van der Waals surface area contributed by atoms with E-state index in [0.717, 1.165) is 13.0 Å². The first kappa shape index (κ1) is 15.5. The van der Waals surface area contributed by atoms with Gasteiger partial charge in [0.15, 0.2) is 5.12 Å². The zero-order chi connectivity index (χ0) is 13.3. The van der Waals surface area contributed by atoms with Crippen LogP contribution in [0.25, 0.3) is 0 Å². The van der Waals surface area contributed by atoms with Crippen molar-refractivity contribution in [3.05, 3.63) is 0 Å². The number of nitrogens with zero attached hydrogens (tertiary/aromatic N) is 1. The van der Waals surface area contributed by atoms with E-state index in [-0.39, 0.29) is 10.7 Å². The molecule has 5 heteroatoms. The standard InChI is InChI=1S/C12H27NOSSi2/c1-16(2,3)11(12(14)15)7-9-13-8-6-10-17(13,4)5/h11H,6-10H2,1-5H3,(H,14,15). The summed E-state index contributed by atoms with van der Waals surface area (Å²) < 4.78 is 2.68. The lowest BCUT2D eigenvalue weighted by atomic mass is 10.3. The zero-order valence-corrected chi connectivity index (χ0v) is 14.8. The van der Waals surface area contributed by atoms with E-state index in [9.17, 15) is 4.79 Å². The largest absolute Gasteiger partial charge is 0.324 e. The minimum atomic E-state index is -1.41. The Morgan fingerprint density at radius 3 is 2.35 bits per heavy atom. The minimum absolute atomic E-state index is 0.114. The predicted molar refractivity (Wildman–Crippen MR) is 84.2 cm³/mol. The van der Waals surface area contributed by atoms with Crippen LogP contribution in [0.5, 0.6) is 0 Å². The Morgan fingerprint density at radius 2 is 2.00 bits per heavy atom. The third kappa shape index (κ3) is 4.22. The van der Waals surface area contributed by atoms with Crippen molar-refractivity contribution in [2.75, 3.05) is 13.1 Å². The SMILES string of the molecule is C[Si](C)(C)C(CCN1CCC[Si]1(C)C)C(=O)S. The Morgan fingerprint density at radius 1 is 1.41 bits per heavy atom. The molecule has 0 radical (unpaired) electrons. The quantitative estimate of drug-likeness (QED) is 0.618. The van der Waals surface area contributed by atoms with Gasteiger partial charge in [-0.3, -0.25) is 4.79 Å². The number of carbonyl (C=O) groups excluding carboxylic acids is 1. The molecule has 0 aromatic carbocycles. The molecule has 1 saturated heterocycles. The first-order chi connectivity index (χ1) is 7.64. The van der Waals surface area contributed by atoms with Gasteiger partial charge in [0.1, 0.15) is 8.24 Å². The summed E-state index contributed by atoms with van der Waals surface area (Å²) in [6.45, 7) is 14.1. The molecule has 1 aliphatic heterocycles. The second-order valence-electron chi connectivity index (χ2n) is 6.95. The molecule has 2 nitrogen and oxygen atoms in total. The molecule has 1 rings (SSSR count). The lowest BCUT2D eigenvalue weighted by Crippen LogP contribution is -2.45. The van der Waals surface area contributed by atoms with Crippen molar-refractivity contribution >= 4 is 34.1 Å². The summed E-state index contributed by atoms with van der Waals surface area (Å²) in [5.74, 6) is 0. The predicted octanol–water partition coefficient (Wildman–Crippen LogP) is 3.45. The third-order valence-electron chi connectivity index (χ3n) is 4.10. The van der Waals surface area contributed by atoms with Crippen LogP contribution < -0.4 is 0 Å². The van der Waals surface area contributed by atoms with Crippen molar-refractivity contribution in [3.8, 4) is 0 Å². The molecule has 0 aromatic heterocycles. The molecule has 1 fully saturated rings. The lowest BCUT2D eigenvalue weighted by molar-refractivity contribution is -0.111. The van der Waals surface area contributed by atoms with Gasteiger partial charge in [-0.05, 0) is 32.0 Å². The van der Waals surface area contributed by atoms with Gasteiger partial charge in [-0.15, -0.1) is 12.6 Å². The van der Waals surface area contributed by atoms with Gasteiger partial charge in [0.05, 0.1) is 8.07 Å². The normalized spacial score (nSPS) is 22.7. The van der Waals surface area contributed by atoms with Crippen LogP contribution in [0.3, 0.4) is 0 Å². The van der Waals surface area contributed by atoms with Crippen LogP contribution in [0.1, 0.15) is 12.8 Å². The van der Waals surface area contributed by atoms with Crippen molar-refractivity contribution < 1.29 is 4.79 Å². The summed E-state index contributed by atoms with van der Waals surface area (Å²) in [5.41, 5.74) is 0.219. The molecule has 0 amide bonds. The molecule has 100 valence electrons. The van der Waals surface area contributed by atoms with Crippen LogP contribution in [0.4, 0.5) is 0 Å². The van der Waals surface area contributed by atoms with Crippen LogP contribution in [0.15, 0.2) is 0 Å². The zero-order valence-electron chi connectivity index (χ0n) is 11.9. The molecular weight excluding hydrogens is 262 g/mol. The first-order valence-electron chi connectivity index (χ1n) is 6.62. The molecule has 0 aliphatic carbocycles. The molecule has 0 saturated carbocycles. The molecule has 1 aliphatic rings. The molecule has 0 bridgehead atoms. The summed E-state index contributed by atoms with van der Waals surface area (Å²) in [4.78, 5) is 11.6. The number of carbonyl (C=O) groups is 1. The maximum Gasteiger partial charge on any atom is 0.186 e. The van der Waals surface area contributed by atoms with Gasteiger partial charge in [0, 0.05) is 5.54 Å². The van der Waals surface area contributed by atoms with Crippen LogP contribution in [0.2, 0.25) is 44.3 Å². The monoisotopic (exact) mass is 289 g/mol. The van der Waals surface area contributed by atoms with E-state index in [1.807, 2.05) is 0 Å². The van der Waals surface area contributed by atoms with Gasteiger partial charge >= 0.3 is 0 Å². The van der Waals surface area contributed by atoms with E-state index in [1.54, 1.807) is 0 Å². The van der Waals surface area contributed by atoms with Crippen LogP contribution >= 0.6 is 12.6 Å². The fourth-order valence-corrected chi connectivity index (χ4v) is 8.65. The summed E-state index contributed by atoms with van der Waals surface area (Å²) in [5, 5.41) is 0.114. The van der Waals surface area contributed by atoms with E-state index < -0.39 is 16.3 Å². The molecular formula is C12H27NOSSi2. The van der Waals surface area contributed by atoms with E-state index in [4.69, 9.17) is 0 Å². The van der Waals surface area contributed by atoms with Crippen molar-refractivity contribution in [2.24, 2.45) is 0 Å². The van der Waals surface area contributed by atoms with Gasteiger partial charge in [-0.2, -0.15) is 0 Å². The van der Waals surface area contributed by atoms with Crippen LogP contribution in [-0.2, 0) is 4.79 Å². The van der Waals surface area contributed by atoms with E-state index in [0.29, 0.717) is 0 Å². The van der Waals surface area contributed by atoms with Crippen molar-refractivity contribution in [1.29, 1.82) is 0 Å². The average Bonchev–Trinajstić information content (AvgIpc) is 2.43. The third-order valence-corrected chi connectivity index (χ3v) is 11.0. The second-order valence-corrected chi connectivity index (χ2v) is 17.6. The molecule has 0 N–H and O–H groups in total. The molecule has 1 heterocycles. The molecule has 17 heavy (non-hydrogen) atoms. The van der Waals surface area contributed by atoms with Gasteiger partial charge < -0.3 is 4.57 Å². The summed E-state index contributed by atoms with van der Waals surface area (Å²) in [7, 11) is -2.52. The Hall–Kier alpha value is 0.414. The van der Waals surface area contributed by atoms with Crippen molar-refractivity contribution in [2.45, 2.75) is 57.2 Å². The molecule has 1 unspecified atom stereocenters. The average molecular weight is 290 g/mol. The Bertz CT molecular complexity index is 289. The van der Waals surface area contributed by atoms with Crippen molar-refractivity contribution in [3.63, 3.8) is 0 Å². The highest BCUT2D eigenvalue weighted by Crippen LogP contribution is 2.31. The number of rotatable bonds is 5. The van der Waals surface area contributed by atoms with E-state index >= 15 is 0 Å². The fourth-order valence-electron chi connectivity index (χ4n) is 2.79. The van der Waals surface area contributed by atoms with Gasteiger partial charge in [-0.1, -0.05) is 32.7 Å². The second kappa shape index (κ2) is 5.59. The molecule has 0 aromatic rings. The maximum atomic E-state index is 11.6.